The predicted octanol–water partition coefficient (Wildman–Crippen LogP) is 2.48. The van der Waals surface area contributed by atoms with Crippen molar-refractivity contribution in [3.8, 4) is 5.82 Å². The first kappa shape index (κ1) is 20.0. The SMILES string of the molecule is CC[C@H](C)c1nc2c(CCCNC(=N)N)[nH]c(C3CNc4ccccc43)cn-2c1=O. The van der Waals surface area contributed by atoms with Gasteiger partial charge in [0.05, 0.1) is 5.69 Å². The number of benzene rings is 1. The smallest absolute Gasteiger partial charge is 0.278 e. The summed E-state index contributed by atoms with van der Waals surface area (Å²) in [5.41, 5.74) is 10.3. The zero-order chi connectivity index (χ0) is 21.3. The van der Waals surface area contributed by atoms with Gasteiger partial charge in [0, 0.05) is 42.5 Å². The summed E-state index contributed by atoms with van der Waals surface area (Å²) in [6, 6.07) is 8.28. The zero-order valence-corrected chi connectivity index (χ0v) is 17.5. The molecule has 1 aromatic rings. The maximum Gasteiger partial charge on any atom is 0.278 e. The summed E-state index contributed by atoms with van der Waals surface area (Å²) in [4.78, 5) is 21.4. The number of hydrogen-bond donors (Lipinski definition) is 5. The number of guanidine groups is 1. The van der Waals surface area contributed by atoms with Crippen LogP contribution in [0.2, 0.25) is 0 Å². The Balaban J connectivity index is 1.76. The van der Waals surface area contributed by atoms with Crippen LogP contribution < -0.4 is 21.9 Å². The first-order valence-electron chi connectivity index (χ1n) is 10.5. The second kappa shape index (κ2) is 8.22. The second-order valence-corrected chi connectivity index (χ2v) is 7.96. The van der Waals surface area contributed by atoms with E-state index in [0.29, 0.717) is 24.5 Å². The minimum absolute atomic E-state index is 0.0306. The number of hydrogen-bond acceptors (Lipinski definition) is 4. The van der Waals surface area contributed by atoms with Crippen molar-refractivity contribution in [2.45, 2.75) is 44.9 Å². The van der Waals surface area contributed by atoms with Crippen molar-refractivity contribution in [2.75, 3.05) is 18.4 Å². The van der Waals surface area contributed by atoms with Crippen LogP contribution in [0, 0.1) is 5.41 Å². The lowest BCUT2D eigenvalue weighted by molar-refractivity contribution is 0.707. The Morgan fingerprint density at radius 2 is 2.23 bits per heavy atom. The number of aryl methyl sites for hydroxylation is 1. The summed E-state index contributed by atoms with van der Waals surface area (Å²) in [7, 11) is 0. The van der Waals surface area contributed by atoms with Crippen molar-refractivity contribution in [1.82, 2.24) is 19.9 Å². The van der Waals surface area contributed by atoms with E-state index in [9.17, 15) is 4.79 Å². The largest absolute Gasteiger partial charge is 0.384 e. The van der Waals surface area contributed by atoms with Crippen molar-refractivity contribution >= 4 is 11.6 Å². The van der Waals surface area contributed by atoms with E-state index in [1.165, 1.54) is 5.56 Å². The molecule has 30 heavy (non-hydrogen) atoms. The lowest BCUT2D eigenvalue weighted by atomic mass is 9.98. The van der Waals surface area contributed by atoms with E-state index in [1.807, 2.05) is 25.3 Å². The lowest BCUT2D eigenvalue weighted by Gasteiger charge is -2.17. The third-order valence-electron chi connectivity index (χ3n) is 5.93. The number of H-pyrrole nitrogens is 1. The van der Waals surface area contributed by atoms with Crippen LogP contribution in [-0.2, 0) is 6.42 Å². The van der Waals surface area contributed by atoms with Crippen LogP contribution >= 0.6 is 0 Å². The van der Waals surface area contributed by atoms with Gasteiger partial charge in [0.25, 0.3) is 5.56 Å². The van der Waals surface area contributed by atoms with Gasteiger partial charge in [0.1, 0.15) is 5.69 Å². The molecular weight excluding hydrogens is 378 g/mol. The van der Waals surface area contributed by atoms with E-state index in [-0.39, 0.29) is 23.4 Å². The van der Waals surface area contributed by atoms with E-state index in [1.54, 1.807) is 4.57 Å². The van der Waals surface area contributed by atoms with Crippen LogP contribution in [0.1, 0.15) is 61.2 Å². The van der Waals surface area contributed by atoms with Crippen molar-refractivity contribution in [2.24, 2.45) is 5.73 Å². The number of aromatic nitrogens is 3. The van der Waals surface area contributed by atoms with Crippen LogP contribution in [0.3, 0.4) is 0 Å². The molecule has 8 nitrogen and oxygen atoms in total. The number of nitrogens with zero attached hydrogens (tertiary/aromatic N) is 2. The molecule has 8 heteroatoms. The first-order chi connectivity index (χ1) is 14.5. The fraction of sp³-hybridized carbons (Fsp3) is 0.409. The fourth-order valence-corrected chi connectivity index (χ4v) is 4.08. The van der Waals surface area contributed by atoms with Crippen LogP contribution in [0.5, 0.6) is 0 Å². The number of aromatic amines is 1. The third-order valence-corrected chi connectivity index (χ3v) is 5.93. The number of fused-ring (bicyclic) bond motifs is 2. The summed E-state index contributed by atoms with van der Waals surface area (Å²) in [5, 5.41) is 13.6. The monoisotopic (exact) mass is 407 g/mol. The van der Waals surface area contributed by atoms with E-state index < -0.39 is 0 Å². The molecule has 3 aliphatic rings. The number of nitrogens with one attached hydrogen (secondary N) is 4. The van der Waals surface area contributed by atoms with Crippen molar-refractivity contribution in [3.05, 3.63) is 63.5 Å². The molecule has 2 atom stereocenters. The van der Waals surface area contributed by atoms with Gasteiger partial charge in [-0.15, -0.1) is 0 Å². The Hall–Kier alpha value is -3.29. The molecule has 4 rings (SSSR count). The highest BCUT2D eigenvalue weighted by Crippen LogP contribution is 2.35. The summed E-state index contributed by atoms with van der Waals surface area (Å²) >= 11 is 0. The first-order valence-corrected chi connectivity index (χ1v) is 10.5. The van der Waals surface area contributed by atoms with E-state index in [0.717, 1.165) is 36.5 Å². The average Bonchev–Trinajstić information content (AvgIpc) is 3.32. The normalized spacial score (nSPS) is 16.3. The lowest BCUT2D eigenvalue weighted by Crippen LogP contribution is -2.31. The Kier molecular flexibility index (Phi) is 5.48. The molecule has 3 heterocycles. The van der Waals surface area contributed by atoms with Gasteiger partial charge >= 0.3 is 0 Å². The molecule has 3 aliphatic heterocycles. The molecule has 0 saturated carbocycles. The number of imidazole rings is 1. The molecule has 1 aromatic carbocycles. The molecule has 0 spiro atoms. The molecule has 0 fully saturated rings. The second-order valence-electron chi connectivity index (χ2n) is 7.96. The van der Waals surface area contributed by atoms with Crippen LogP contribution in [0.4, 0.5) is 5.69 Å². The molecule has 0 aliphatic carbocycles. The zero-order valence-electron chi connectivity index (χ0n) is 17.5. The predicted molar refractivity (Wildman–Crippen MR) is 119 cm³/mol. The van der Waals surface area contributed by atoms with Crippen LogP contribution in [0.25, 0.3) is 5.82 Å². The number of rotatable bonds is 7. The summed E-state index contributed by atoms with van der Waals surface area (Å²) in [6.45, 7) is 5.49. The maximum atomic E-state index is 13.1. The van der Waals surface area contributed by atoms with Gasteiger partial charge in [0.15, 0.2) is 11.8 Å². The minimum Gasteiger partial charge on any atom is -0.384 e. The van der Waals surface area contributed by atoms with E-state index in [4.69, 9.17) is 16.1 Å². The van der Waals surface area contributed by atoms with E-state index in [2.05, 4.69) is 34.7 Å². The van der Waals surface area contributed by atoms with Gasteiger partial charge in [-0.3, -0.25) is 14.8 Å². The van der Waals surface area contributed by atoms with Gasteiger partial charge in [-0.1, -0.05) is 32.0 Å². The summed E-state index contributed by atoms with van der Waals surface area (Å²) < 4.78 is 1.71. The number of anilines is 1. The molecular formula is C22H29N7O. The van der Waals surface area contributed by atoms with Crippen molar-refractivity contribution in [3.63, 3.8) is 0 Å². The van der Waals surface area contributed by atoms with Crippen LogP contribution in [0.15, 0.2) is 35.3 Å². The number of para-hydroxylation sites is 1. The van der Waals surface area contributed by atoms with Gasteiger partial charge in [-0.25, -0.2) is 4.98 Å². The quantitative estimate of drug-likeness (QED) is 0.234. The standard InChI is InChI=1S/C22H29N7O/c1-3-13(2)19-21(30)29-12-18(15-11-26-16-8-5-4-7-14(15)16)27-17(20(29)28-19)9-6-10-25-22(23)24/h4-5,7-8,12-13,15,26-27H,3,6,9-11H2,1-2H3,(H4,23,24,25)/t13-,15?/m0/s1. The highest BCUT2D eigenvalue weighted by atomic mass is 16.1. The van der Waals surface area contributed by atoms with Gasteiger partial charge in [0.2, 0.25) is 0 Å². The van der Waals surface area contributed by atoms with E-state index >= 15 is 0 Å². The Morgan fingerprint density at radius 1 is 1.43 bits per heavy atom. The molecule has 0 aromatic heterocycles. The molecule has 0 radical (unpaired) electrons. The highest BCUT2D eigenvalue weighted by molar-refractivity contribution is 5.74. The van der Waals surface area contributed by atoms with Crippen molar-refractivity contribution < 1.29 is 0 Å². The molecule has 158 valence electrons. The molecule has 0 amide bonds. The molecule has 0 bridgehead atoms. The topological polar surface area (TPSA) is 125 Å². The van der Waals surface area contributed by atoms with Gasteiger partial charge < -0.3 is 21.4 Å². The van der Waals surface area contributed by atoms with Gasteiger partial charge in [-0.05, 0) is 30.9 Å². The Bertz CT molecular complexity index is 1080. The molecule has 0 saturated heterocycles. The van der Waals surface area contributed by atoms with Crippen molar-refractivity contribution in [1.29, 1.82) is 5.41 Å². The maximum absolute atomic E-state index is 13.1. The highest BCUT2D eigenvalue weighted by Gasteiger charge is 2.28. The third kappa shape index (κ3) is 3.65. The van der Waals surface area contributed by atoms with Crippen LogP contribution in [-0.4, -0.2) is 33.6 Å². The Labute approximate surface area is 175 Å². The Morgan fingerprint density at radius 3 is 3.00 bits per heavy atom. The number of nitrogens with two attached hydrogens (primary N) is 1. The molecule has 1 unspecified atom stereocenters. The summed E-state index contributed by atoms with van der Waals surface area (Å²) in [6.07, 6.45) is 4.26. The molecule has 6 N–H and O–H groups in total. The minimum atomic E-state index is -0.0340. The fourth-order valence-electron chi connectivity index (χ4n) is 4.08. The van der Waals surface area contributed by atoms with Gasteiger partial charge in [-0.2, -0.15) is 0 Å². The average molecular weight is 408 g/mol. The summed E-state index contributed by atoms with van der Waals surface area (Å²) in [5.74, 6) is 0.921.